The summed E-state index contributed by atoms with van der Waals surface area (Å²) in [5, 5.41) is 6.87. The van der Waals surface area contributed by atoms with Gasteiger partial charge >= 0.3 is 0 Å². The molecule has 3 aromatic heterocycles. The Hall–Kier alpha value is -7.82. The molecule has 0 saturated heterocycles. The first-order chi connectivity index (χ1) is 28.7. The first kappa shape index (κ1) is 33.5. The van der Waals surface area contributed by atoms with E-state index in [1.54, 1.807) is 0 Å². The molecule has 11 aromatic rings. The van der Waals surface area contributed by atoms with E-state index in [0.29, 0.717) is 5.82 Å². The molecule has 8 aromatic carbocycles. The summed E-state index contributed by atoms with van der Waals surface area (Å²) in [7, 11) is 0. The maximum Gasteiger partial charge on any atom is 0.160 e. The molecule has 0 atom stereocenters. The van der Waals surface area contributed by atoms with Gasteiger partial charge in [0.1, 0.15) is 0 Å². The molecule has 0 amide bonds. The second-order valence-corrected chi connectivity index (χ2v) is 14.6. The van der Waals surface area contributed by atoms with Crippen LogP contribution in [-0.4, -0.2) is 19.9 Å². The van der Waals surface area contributed by atoms with Crippen molar-refractivity contribution in [2.75, 3.05) is 0 Å². The van der Waals surface area contributed by atoms with Gasteiger partial charge in [0.25, 0.3) is 0 Å². The van der Waals surface area contributed by atoms with E-state index in [2.05, 4.69) is 182 Å². The number of aromatic nitrogens is 4. The van der Waals surface area contributed by atoms with Gasteiger partial charge in [0.2, 0.25) is 0 Å². The maximum absolute atomic E-state index is 5.33. The minimum Gasteiger partial charge on any atom is -0.248 e. The van der Waals surface area contributed by atoms with E-state index in [-0.39, 0.29) is 0 Å². The molecular formula is C54H34N4. The van der Waals surface area contributed by atoms with Crippen LogP contribution in [-0.2, 0) is 0 Å². The predicted octanol–water partition coefficient (Wildman–Crippen LogP) is 13.9. The van der Waals surface area contributed by atoms with E-state index in [0.717, 1.165) is 88.7 Å². The third-order valence-electron chi connectivity index (χ3n) is 11.1. The average Bonchev–Trinajstić information content (AvgIpc) is 3.31. The summed E-state index contributed by atoms with van der Waals surface area (Å²) in [6.45, 7) is 0. The molecule has 0 aliphatic carbocycles. The summed E-state index contributed by atoms with van der Waals surface area (Å²) in [5.41, 5.74) is 12.9. The summed E-state index contributed by atoms with van der Waals surface area (Å²) >= 11 is 0. The van der Waals surface area contributed by atoms with Gasteiger partial charge in [0.15, 0.2) is 5.82 Å². The molecular weight excluding hydrogens is 705 g/mol. The van der Waals surface area contributed by atoms with Gasteiger partial charge in [-0.05, 0) is 69.8 Å². The van der Waals surface area contributed by atoms with Crippen molar-refractivity contribution in [2.24, 2.45) is 0 Å². The number of fused-ring (bicyclic) bond motifs is 6. The van der Waals surface area contributed by atoms with Crippen LogP contribution in [0.15, 0.2) is 206 Å². The largest absolute Gasteiger partial charge is 0.248 e. The second-order valence-electron chi connectivity index (χ2n) is 14.6. The predicted molar refractivity (Wildman–Crippen MR) is 240 cm³/mol. The fraction of sp³-hybridized carbons (Fsp3) is 0. The van der Waals surface area contributed by atoms with Crippen molar-refractivity contribution in [2.45, 2.75) is 0 Å². The zero-order chi connectivity index (χ0) is 38.4. The van der Waals surface area contributed by atoms with Gasteiger partial charge in [-0.3, -0.25) is 0 Å². The van der Waals surface area contributed by atoms with E-state index in [1.165, 1.54) is 16.3 Å². The van der Waals surface area contributed by atoms with Crippen LogP contribution >= 0.6 is 0 Å². The Bertz CT molecular complexity index is 3320. The number of pyridine rings is 2. The molecule has 270 valence electrons. The zero-order valence-electron chi connectivity index (χ0n) is 31.4. The minimum absolute atomic E-state index is 0.687. The van der Waals surface area contributed by atoms with Gasteiger partial charge in [0.05, 0.1) is 33.8 Å². The van der Waals surface area contributed by atoms with Crippen molar-refractivity contribution in [3.63, 3.8) is 0 Å². The smallest absolute Gasteiger partial charge is 0.160 e. The fourth-order valence-corrected chi connectivity index (χ4v) is 8.12. The average molecular weight is 739 g/mol. The number of nitrogens with zero attached hydrogens (tertiary/aromatic N) is 4. The van der Waals surface area contributed by atoms with E-state index >= 15 is 0 Å². The van der Waals surface area contributed by atoms with Crippen molar-refractivity contribution >= 4 is 43.4 Å². The molecule has 0 fully saturated rings. The lowest BCUT2D eigenvalue weighted by Crippen LogP contribution is -1.96. The van der Waals surface area contributed by atoms with Crippen molar-refractivity contribution < 1.29 is 0 Å². The quantitative estimate of drug-likeness (QED) is 0.159. The van der Waals surface area contributed by atoms with Gasteiger partial charge in [0, 0.05) is 44.0 Å². The Kier molecular flexibility index (Phi) is 8.11. The summed E-state index contributed by atoms with van der Waals surface area (Å²) in [6, 6.07) is 72.1. The summed E-state index contributed by atoms with van der Waals surface area (Å²) in [6.07, 6.45) is 0. The third kappa shape index (κ3) is 6.05. The number of para-hydroxylation sites is 1. The SMILES string of the molecule is c1ccc(-c2cccc(-c3cc(-c4ccc(-c5nc6ccccc6c6ccc7nc(-c8ccc9ccccc9c8)ccc7c56)cc4)nc(-c4ccccc4)n3)c2)cc1. The third-order valence-corrected chi connectivity index (χ3v) is 11.1. The molecule has 58 heavy (non-hydrogen) atoms. The lowest BCUT2D eigenvalue weighted by Gasteiger charge is -2.14. The molecule has 0 saturated carbocycles. The topological polar surface area (TPSA) is 51.6 Å². The molecule has 3 heterocycles. The van der Waals surface area contributed by atoms with Crippen LogP contribution in [0, 0.1) is 0 Å². The van der Waals surface area contributed by atoms with Crippen molar-refractivity contribution in [3.05, 3.63) is 206 Å². The highest BCUT2D eigenvalue weighted by Gasteiger charge is 2.17. The van der Waals surface area contributed by atoms with Crippen LogP contribution in [0.3, 0.4) is 0 Å². The Labute approximate surface area is 335 Å². The first-order valence-corrected chi connectivity index (χ1v) is 19.5. The van der Waals surface area contributed by atoms with Gasteiger partial charge in [-0.1, -0.05) is 164 Å². The molecule has 4 nitrogen and oxygen atoms in total. The number of rotatable bonds is 6. The van der Waals surface area contributed by atoms with Crippen LogP contribution in [0.1, 0.15) is 0 Å². The summed E-state index contributed by atoms with van der Waals surface area (Å²) in [4.78, 5) is 20.8. The van der Waals surface area contributed by atoms with E-state index in [4.69, 9.17) is 19.9 Å². The molecule has 0 radical (unpaired) electrons. The van der Waals surface area contributed by atoms with E-state index in [9.17, 15) is 0 Å². The summed E-state index contributed by atoms with van der Waals surface area (Å²) in [5.74, 6) is 0.687. The van der Waals surface area contributed by atoms with E-state index in [1.807, 2.05) is 24.3 Å². The minimum atomic E-state index is 0.687. The monoisotopic (exact) mass is 738 g/mol. The Morgan fingerprint density at radius 2 is 0.862 bits per heavy atom. The molecule has 11 rings (SSSR count). The lowest BCUT2D eigenvalue weighted by atomic mass is 9.95. The number of benzene rings is 8. The normalized spacial score (nSPS) is 11.4. The first-order valence-electron chi connectivity index (χ1n) is 19.5. The number of hydrogen-bond acceptors (Lipinski definition) is 4. The van der Waals surface area contributed by atoms with Crippen LogP contribution in [0.2, 0.25) is 0 Å². The molecule has 0 unspecified atom stereocenters. The molecule has 0 N–H and O–H groups in total. The highest BCUT2D eigenvalue weighted by Crippen LogP contribution is 2.39. The maximum atomic E-state index is 5.33. The number of hydrogen-bond donors (Lipinski definition) is 0. The van der Waals surface area contributed by atoms with Crippen LogP contribution in [0.25, 0.3) is 111 Å². The van der Waals surface area contributed by atoms with Crippen LogP contribution in [0.4, 0.5) is 0 Å². The highest BCUT2D eigenvalue weighted by molar-refractivity contribution is 6.20. The van der Waals surface area contributed by atoms with Gasteiger partial charge in [-0.15, -0.1) is 0 Å². The molecule has 0 aliphatic rings. The van der Waals surface area contributed by atoms with Crippen molar-refractivity contribution in [3.8, 4) is 67.5 Å². The molecule has 0 aliphatic heterocycles. The lowest BCUT2D eigenvalue weighted by molar-refractivity contribution is 1.18. The standard InChI is InChI=1S/C54H34N4/c1-3-12-35(13-4-1)41-18-11-19-42(32-41)51-34-50(57-54(58-51)39-15-5-2-6-16-39)37-23-25-38(26-24-37)53-52-45(44-20-9-10-21-48(44)56-53)28-31-49-46(52)29-30-47(55-49)43-27-22-36-14-7-8-17-40(36)33-43/h1-34H. The highest BCUT2D eigenvalue weighted by atomic mass is 14.9. The Morgan fingerprint density at radius 3 is 1.69 bits per heavy atom. The van der Waals surface area contributed by atoms with Gasteiger partial charge < -0.3 is 0 Å². The molecule has 4 heteroatoms. The van der Waals surface area contributed by atoms with Gasteiger partial charge in [-0.2, -0.15) is 0 Å². The zero-order valence-corrected chi connectivity index (χ0v) is 31.4. The van der Waals surface area contributed by atoms with Crippen LogP contribution in [0.5, 0.6) is 0 Å². The van der Waals surface area contributed by atoms with Crippen molar-refractivity contribution in [1.82, 2.24) is 19.9 Å². The Morgan fingerprint density at radius 1 is 0.259 bits per heavy atom. The molecule has 0 spiro atoms. The fourth-order valence-electron chi connectivity index (χ4n) is 8.12. The van der Waals surface area contributed by atoms with Gasteiger partial charge in [-0.25, -0.2) is 19.9 Å². The van der Waals surface area contributed by atoms with Crippen molar-refractivity contribution in [1.29, 1.82) is 0 Å². The van der Waals surface area contributed by atoms with Crippen LogP contribution < -0.4 is 0 Å². The van der Waals surface area contributed by atoms with E-state index < -0.39 is 0 Å². The second kappa shape index (κ2) is 14.0. The Balaban J connectivity index is 1.03. The summed E-state index contributed by atoms with van der Waals surface area (Å²) < 4.78 is 0. The molecule has 0 bridgehead atoms.